The van der Waals surface area contributed by atoms with Gasteiger partial charge in [0.25, 0.3) is 10.2 Å². The highest BCUT2D eigenvalue weighted by atomic mass is 32.2. The molecule has 2 atom stereocenters. The molecule has 31 heavy (non-hydrogen) atoms. The van der Waals surface area contributed by atoms with Crippen molar-refractivity contribution in [2.45, 2.75) is 24.9 Å². The molecule has 2 fully saturated rings. The number of aromatic nitrogens is 1. The normalized spacial score (nSPS) is 23.2. The average molecular weight is 451 g/mol. The number of rotatable bonds is 7. The van der Waals surface area contributed by atoms with E-state index >= 15 is 0 Å². The van der Waals surface area contributed by atoms with E-state index in [-0.39, 0.29) is 24.9 Å². The molecule has 2 aliphatic heterocycles. The van der Waals surface area contributed by atoms with Gasteiger partial charge in [-0.05, 0) is 29.7 Å². The summed E-state index contributed by atoms with van der Waals surface area (Å²) in [7, 11) is -3.74. The van der Waals surface area contributed by atoms with E-state index < -0.39 is 16.3 Å². The number of hydrogen-bond acceptors (Lipinski definition) is 6. The number of morpholine rings is 1. The van der Waals surface area contributed by atoms with E-state index in [2.05, 4.69) is 4.98 Å². The standard InChI is InChI=1S/C21H27FN4O4S/c22-20-4-2-1-3-19(20)17-12-18(15-30-21-11-16(13-23)5-6-24-21)26(14-17)31(27,28)25-7-9-29-10-8-25/h1-6,11,17-18H,7-10,12-15,23H2/t17-,18-/m0/s1. The van der Waals surface area contributed by atoms with Gasteiger partial charge in [0, 0.05) is 44.4 Å². The highest BCUT2D eigenvalue weighted by Gasteiger charge is 2.44. The molecule has 0 saturated carbocycles. The second-order valence-electron chi connectivity index (χ2n) is 7.71. The van der Waals surface area contributed by atoms with E-state index in [9.17, 15) is 12.8 Å². The molecule has 0 unspecified atom stereocenters. The summed E-state index contributed by atoms with van der Waals surface area (Å²) in [5.74, 6) is -0.190. The second-order valence-corrected chi connectivity index (χ2v) is 9.60. The van der Waals surface area contributed by atoms with Gasteiger partial charge >= 0.3 is 0 Å². The molecule has 0 radical (unpaired) electrons. The van der Waals surface area contributed by atoms with Crippen LogP contribution in [0.25, 0.3) is 0 Å². The van der Waals surface area contributed by atoms with E-state index in [1.165, 1.54) is 14.7 Å². The van der Waals surface area contributed by atoms with Crippen molar-refractivity contribution in [2.75, 3.05) is 39.5 Å². The zero-order valence-corrected chi connectivity index (χ0v) is 18.0. The van der Waals surface area contributed by atoms with Gasteiger partial charge in [-0.1, -0.05) is 18.2 Å². The zero-order chi connectivity index (χ0) is 21.8. The monoisotopic (exact) mass is 450 g/mol. The first-order chi connectivity index (χ1) is 15.0. The smallest absolute Gasteiger partial charge is 0.282 e. The van der Waals surface area contributed by atoms with Gasteiger partial charge in [0.05, 0.1) is 19.3 Å². The molecule has 2 N–H and O–H groups in total. The van der Waals surface area contributed by atoms with Crippen LogP contribution < -0.4 is 10.5 Å². The lowest BCUT2D eigenvalue weighted by molar-refractivity contribution is 0.0693. The molecule has 4 rings (SSSR count). The minimum absolute atomic E-state index is 0.121. The second kappa shape index (κ2) is 9.58. The highest BCUT2D eigenvalue weighted by molar-refractivity contribution is 7.86. The van der Waals surface area contributed by atoms with Crippen molar-refractivity contribution in [2.24, 2.45) is 5.73 Å². The van der Waals surface area contributed by atoms with Gasteiger partial charge in [0.1, 0.15) is 12.4 Å². The molecule has 0 aliphatic carbocycles. The molecule has 3 heterocycles. The molecule has 0 amide bonds. The summed E-state index contributed by atoms with van der Waals surface area (Å²) in [4.78, 5) is 4.18. The van der Waals surface area contributed by atoms with Gasteiger partial charge in [-0.3, -0.25) is 0 Å². The summed E-state index contributed by atoms with van der Waals surface area (Å²) < 4.78 is 55.2. The van der Waals surface area contributed by atoms with Crippen LogP contribution in [0.5, 0.6) is 5.88 Å². The van der Waals surface area contributed by atoms with E-state index in [0.717, 1.165) is 5.56 Å². The van der Waals surface area contributed by atoms with Crippen molar-refractivity contribution in [3.05, 3.63) is 59.5 Å². The number of nitrogens with two attached hydrogens (primary N) is 1. The minimum Gasteiger partial charge on any atom is -0.476 e. The average Bonchev–Trinajstić information content (AvgIpc) is 3.23. The Morgan fingerprint density at radius 3 is 2.74 bits per heavy atom. The van der Waals surface area contributed by atoms with Crippen LogP contribution >= 0.6 is 0 Å². The van der Waals surface area contributed by atoms with E-state index in [1.807, 2.05) is 0 Å². The Hall–Kier alpha value is -2.11. The number of pyridine rings is 1. The number of hydrogen-bond donors (Lipinski definition) is 1. The fourth-order valence-corrected chi connectivity index (χ4v) is 5.91. The Balaban J connectivity index is 1.56. The predicted molar refractivity (Wildman–Crippen MR) is 113 cm³/mol. The molecule has 2 aromatic rings. The van der Waals surface area contributed by atoms with Gasteiger partial charge in [0.2, 0.25) is 5.88 Å². The highest BCUT2D eigenvalue weighted by Crippen LogP contribution is 2.36. The van der Waals surface area contributed by atoms with Crippen molar-refractivity contribution in [3.63, 3.8) is 0 Å². The summed E-state index contributed by atoms with van der Waals surface area (Å²) in [6, 6.07) is 9.62. The Kier molecular flexibility index (Phi) is 6.83. The lowest BCUT2D eigenvalue weighted by atomic mass is 9.96. The first kappa shape index (κ1) is 22.1. The van der Waals surface area contributed by atoms with Gasteiger partial charge in [0.15, 0.2) is 0 Å². The SMILES string of the molecule is NCc1ccnc(OC[C@@H]2C[C@H](c3ccccc3F)CN2S(=O)(=O)N2CCOCC2)c1. The van der Waals surface area contributed by atoms with Gasteiger partial charge in [-0.25, -0.2) is 9.37 Å². The molecule has 10 heteroatoms. The van der Waals surface area contributed by atoms with Crippen molar-refractivity contribution in [1.82, 2.24) is 13.6 Å². The molecule has 0 bridgehead atoms. The van der Waals surface area contributed by atoms with Crippen LogP contribution in [-0.4, -0.2) is 67.5 Å². The molecule has 1 aromatic heterocycles. The van der Waals surface area contributed by atoms with Crippen LogP contribution in [0, 0.1) is 5.82 Å². The van der Waals surface area contributed by atoms with Crippen LogP contribution in [0.2, 0.25) is 0 Å². The first-order valence-corrected chi connectivity index (χ1v) is 11.8. The lowest BCUT2D eigenvalue weighted by Crippen LogP contribution is -2.51. The topological polar surface area (TPSA) is 98.0 Å². The molecule has 2 saturated heterocycles. The minimum atomic E-state index is -3.74. The largest absolute Gasteiger partial charge is 0.476 e. The van der Waals surface area contributed by atoms with Crippen LogP contribution in [0.1, 0.15) is 23.5 Å². The molecular weight excluding hydrogens is 423 g/mol. The third kappa shape index (κ3) is 4.88. The van der Waals surface area contributed by atoms with Gasteiger partial charge in [-0.2, -0.15) is 17.0 Å². The molecule has 2 aliphatic rings. The summed E-state index contributed by atoms with van der Waals surface area (Å²) in [6.07, 6.45) is 2.07. The summed E-state index contributed by atoms with van der Waals surface area (Å²) in [5, 5.41) is 0. The number of nitrogens with zero attached hydrogens (tertiary/aromatic N) is 3. The lowest BCUT2D eigenvalue weighted by Gasteiger charge is -2.32. The Labute approximate surface area is 181 Å². The van der Waals surface area contributed by atoms with Crippen LogP contribution in [-0.2, 0) is 21.5 Å². The van der Waals surface area contributed by atoms with Gasteiger partial charge < -0.3 is 15.2 Å². The van der Waals surface area contributed by atoms with E-state index in [4.69, 9.17) is 15.2 Å². The number of benzene rings is 1. The van der Waals surface area contributed by atoms with Crippen LogP contribution in [0.4, 0.5) is 4.39 Å². The summed E-state index contributed by atoms with van der Waals surface area (Å²) in [6.45, 7) is 2.00. The Morgan fingerprint density at radius 1 is 1.23 bits per heavy atom. The van der Waals surface area contributed by atoms with E-state index in [0.29, 0.717) is 50.7 Å². The Morgan fingerprint density at radius 2 is 2.00 bits per heavy atom. The van der Waals surface area contributed by atoms with Crippen molar-refractivity contribution in [3.8, 4) is 5.88 Å². The fourth-order valence-electron chi connectivity index (χ4n) is 4.12. The molecule has 8 nitrogen and oxygen atoms in total. The Bertz CT molecular complexity index is 1000. The predicted octanol–water partition coefficient (Wildman–Crippen LogP) is 1.49. The van der Waals surface area contributed by atoms with Crippen molar-refractivity contribution >= 4 is 10.2 Å². The van der Waals surface area contributed by atoms with Gasteiger partial charge in [-0.15, -0.1) is 0 Å². The maximum Gasteiger partial charge on any atom is 0.282 e. The van der Waals surface area contributed by atoms with Crippen molar-refractivity contribution < 1.29 is 22.3 Å². The third-order valence-electron chi connectivity index (χ3n) is 5.76. The summed E-state index contributed by atoms with van der Waals surface area (Å²) >= 11 is 0. The fraction of sp³-hybridized carbons (Fsp3) is 0.476. The first-order valence-electron chi connectivity index (χ1n) is 10.4. The summed E-state index contributed by atoms with van der Waals surface area (Å²) in [5.41, 5.74) is 7.07. The van der Waals surface area contributed by atoms with E-state index in [1.54, 1.807) is 36.5 Å². The molecule has 0 spiro atoms. The number of ether oxygens (including phenoxy) is 2. The third-order valence-corrected chi connectivity index (χ3v) is 7.82. The maximum atomic E-state index is 14.4. The van der Waals surface area contributed by atoms with Crippen LogP contribution in [0.15, 0.2) is 42.6 Å². The maximum absolute atomic E-state index is 14.4. The number of halogens is 1. The molecule has 168 valence electrons. The quantitative estimate of drug-likeness (QED) is 0.687. The molecule has 1 aromatic carbocycles. The molecular formula is C21H27FN4O4S. The van der Waals surface area contributed by atoms with Crippen LogP contribution in [0.3, 0.4) is 0 Å². The van der Waals surface area contributed by atoms with Crippen molar-refractivity contribution in [1.29, 1.82) is 0 Å². The zero-order valence-electron chi connectivity index (χ0n) is 17.2.